The highest BCUT2D eigenvalue weighted by Crippen LogP contribution is 2.27. The average Bonchev–Trinajstić information content (AvgIpc) is 2.99. The molecule has 0 saturated carbocycles. The number of rotatable bonds is 3. The number of halogens is 6. The standard InChI is InChI=1S/C16H24N2O2.2C2HF3O2/c1-17-7-8-20-16-12-18(11-14(16)9-17)10-13-5-3-4-6-15(13)19-2;2*3-2(4,5)1(6)7/h3-6,14,16H,7-12H2,1-2H3;2*(H,6,7)/t14-,16+;;/m0../s1. The van der Waals surface area contributed by atoms with Crippen LogP contribution >= 0.6 is 0 Å². The van der Waals surface area contributed by atoms with Gasteiger partial charge in [-0.05, 0) is 13.1 Å². The van der Waals surface area contributed by atoms with E-state index in [-0.39, 0.29) is 0 Å². The van der Waals surface area contributed by atoms with Crippen molar-refractivity contribution in [3.05, 3.63) is 29.8 Å². The molecule has 1 aromatic rings. The Balaban J connectivity index is 0.000000343. The molecule has 0 amide bonds. The van der Waals surface area contributed by atoms with Crippen molar-refractivity contribution in [1.82, 2.24) is 9.80 Å². The summed E-state index contributed by atoms with van der Waals surface area (Å²) in [4.78, 5) is 22.7. The third-order valence-corrected chi connectivity index (χ3v) is 4.88. The van der Waals surface area contributed by atoms with Gasteiger partial charge in [0, 0.05) is 44.2 Å². The van der Waals surface area contributed by atoms with Gasteiger partial charge in [0.15, 0.2) is 0 Å². The van der Waals surface area contributed by atoms with Crippen molar-refractivity contribution in [1.29, 1.82) is 0 Å². The SMILES string of the molecule is COc1ccccc1CN1C[C@@H]2CN(C)CCO[C@@H]2C1.O=C(O)C(F)(F)F.O=C(O)C(F)(F)F. The lowest BCUT2D eigenvalue weighted by molar-refractivity contribution is -0.193. The minimum Gasteiger partial charge on any atom is -0.496 e. The summed E-state index contributed by atoms with van der Waals surface area (Å²) in [7, 11) is 3.93. The van der Waals surface area contributed by atoms with E-state index in [1.807, 2.05) is 12.1 Å². The van der Waals surface area contributed by atoms with E-state index in [0.29, 0.717) is 12.0 Å². The first kappa shape index (κ1) is 29.5. The van der Waals surface area contributed by atoms with E-state index in [4.69, 9.17) is 29.3 Å². The number of aliphatic carboxylic acids is 2. The highest BCUT2D eigenvalue weighted by atomic mass is 19.4. The summed E-state index contributed by atoms with van der Waals surface area (Å²) in [5.41, 5.74) is 1.26. The van der Waals surface area contributed by atoms with E-state index < -0.39 is 24.3 Å². The van der Waals surface area contributed by atoms with Crippen molar-refractivity contribution in [3.63, 3.8) is 0 Å². The summed E-state index contributed by atoms with van der Waals surface area (Å²) in [6, 6.07) is 8.29. The van der Waals surface area contributed by atoms with Crippen LogP contribution in [0.2, 0.25) is 0 Å². The number of carboxylic acids is 2. The fraction of sp³-hybridized carbons (Fsp3) is 0.600. The first-order chi connectivity index (χ1) is 15.6. The number of ether oxygens (including phenoxy) is 2. The van der Waals surface area contributed by atoms with Gasteiger partial charge in [-0.15, -0.1) is 0 Å². The minimum atomic E-state index is -5.08. The summed E-state index contributed by atoms with van der Waals surface area (Å²) >= 11 is 0. The fourth-order valence-corrected chi connectivity index (χ4v) is 3.35. The summed E-state index contributed by atoms with van der Waals surface area (Å²) in [6.45, 7) is 6.17. The van der Waals surface area contributed by atoms with Gasteiger partial charge in [0.25, 0.3) is 0 Å². The van der Waals surface area contributed by atoms with Gasteiger partial charge in [-0.25, -0.2) is 9.59 Å². The Hall–Kier alpha value is -2.58. The predicted octanol–water partition coefficient (Wildman–Crippen LogP) is 2.72. The molecule has 2 atom stereocenters. The molecule has 34 heavy (non-hydrogen) atoms. The maximum Gasteiger partial charge on any atom is 0.490 e. The highest BCUT2D eigenvalue weighted by molar-refractivity contribution is 5.73. The zero-order valence-electron chi connectivity index (χ0n) is 18.4. The molecule has 2 heterocycles. The van der Waals surface area contributed by atoms with Crippen molar-refractivity contribution in [3.8, 4) is 5.75 Å². The lowest BCUT2D eigenvalue weighted by Crippen LogP contribution is -2.29. The van der Waals surface area contributed by atoms with Gasteiger partial charge in [0.2, 0.25) is 0 Å². The van der Waals surface area contributed by atoms with Crippen LogP contribution in [0.1, 0.15) is 5.56 Å². The highest BCUT2D eigenvalue weighted by Gasteiger charge is 2.39. The minimum absolute atomic E-state index is 0.398. The van der Waals surface area contributed by atoms with Gasteiger partial charge in [-0.3, -0.25) is 4.90 Å². The van der Waals surface area contributed by atoms with Gasteiger partial charge in [0.05, 0.1) is 19.8 Å². The number of nitrogens with zero attached hydrogens (tertiary/aromatic N) is 2. The average molecular weight is 504 g/mol. The van der Waals surface area contributed by atoms with Crippen LogP contribution in [0.4, 0.5) is 26.3 Å². The fourth-order valence-electron chi connectivity index (χ4n) is 3.35. The van der Waals surface area contributed by atoms with Crippen LogP contribution in [0.15, 0.2) is 24.3 Å². The Bertz CT molecular complexity index is 780. The summed E-state index contributed by atoms with van der Waals surface area (Å²) in [5, 5.41) is 14.2. The van der Waals surface area contributed by atoms with Crippen molar-refractivity contribution in [2.24, 2.45) is 5.92 Å². The molecule has 2 saturated heterocycles. The van der Waals surface area contributed by atoms with Crippen molar-refractivity contribution in [2.75, 3.05) is 46.9 Å². The molecular formula is C20H26F6N2O6. The second kappa shape index (κ2) is 12.8. The number of hydrogen-bond donors (Lipinski definition) is 2. The molecule has 3 rings (SSSR count). The molecule has 2 aliphatic rings. The molecule has 0 spiro atoms. The first-order valence-electron chi connectivity index (χ1n) is 9.89. The molecule has 8 nitrogen and oxygen atoms in total. The van der Waals surface area contributed by atoms with Crippen molar-refractivity contribution < 1.29 is 55.6 Å². The zero-order chi connectivity index (χ0) is 26.1. The quantitative estimate of drug-likeness (QED) is 0.607. The third kappa shape index (κ3) is 10.1. The number of likely N-dealkylation sites (N-methyl/N-ethyl adjacent to an activating group) is 1. The van der Waals surface area contributed by atoms with Gasteiger partial charge in [-0.2, -0.15) is 26.3 Å². The van der Waals surface area contributed by atoms with Gasteiger partial charge < -0.3 is 24.6 Å². The molecule has 14 heteroatoms. The third-order valence-electron chi connectivity index (χ3n) is 4.88. The second-order valence-electron chi connectivity index (χ2n) is 7.54. The predicted molar refractivity (Wildman–Crippen MR) is 106 cm³/mol. The van der Waals surface area contributed by atoms with Crippen LogP contribution < -0.4 is 4.74 Å². The van der Waals surface area contributed by atoms with E-state index in [9.17, 15) is 26.3 Å². The van der Waals surface area contributed by atoms with Crippen LogP contribution in [0, 0.1) is 5.92 Å². The molecule has 2 N–H and O–H groups in total. The number of likely N-dealkylation sites (tertiary alicyclic amines) is 1. The lowest BCUT2D eigenvalue weighted by atomic mass is 10.1. The van der Waals surface area contributed by atoms with E-state index in [0.717, 1.165) is 45.1 Å². The molecule has 0 bridgehead atoms. The van der Waals surface area contributed by atoms with E-state index >= 15 is 0 Å². The van der Waals surface area contributed by atoms with Crippen LogP contribution in [0.25, 0.3) is 0 Å². The van der Waals surface area contributed by atoms with Gasteiger partial charge in [-0.1, -0.05) is 18.2 Å². The smallest absolute Gasteiger partial charge is 0.490 e. The number of carbonyl (C=O) groups is 2. The second-order valence-corrected chi connectivity index (χ2v) is 7.54. The maximum absolute atomic E-state index is 10.6. The summed E-state index contributed by atoms with van der Waals surface area (Å²) in [6.07, 6.45) is -9.77. The number of carboxylic acid groups (broad SMARTS) is 2. The van der Waals surface area contributed by atoms with Gasteiger partial charge in [0.1, 0.15) is 5.75 Å². The van der Waals surface area contributed by atoms with E-state index in [1.54, 1.807) is 7.11 Å². The molecule has 0 aliphatic carbocycles. The molecule has 1 aromatic carbocycles. The number of alkyl halides is 6. The van der Waals surface area contributed by atoms with Crippen molar-refractivity contribution >= 4 is 11.9 Å². The lowest BCUT2D eigenvalue weighted by Gasteiger charge is -2.20. The first-order valence-corrected chi connectivity index (χ1v) is 9.89. The van der Waals surface area contributed by atoms with Crippen molar-refractivity contribution in [2.45, 2.75) is 25.0 Å². The molecule has 0 aromatic heterocycles. The number of para-hydroxylation sites is 1. The molecule has 2 fully saturated rings. The summed E-state index contributed by atoms with van der Waals surface area (Å²) in [5.74, 6) is -3.89. The number of benzene rings is 1. The Morgan fingerprint density at radius 1 is 1.03 bits per heavy atom. The normalized spacial score (nSPS) is 21.2. The van der Waals surface area contributed by atoms with Crippen LogP contribution in [0.5, 0.6) is 5.75 Å². The molecule has 2 aliphatic heterocycles. The number of fused-ring (bicyclic) bond motifs is 1. The molecule has 0 unspecified atom stereocenters. The van der Waals surface area contributed by atoms with Crippen LogP contribution in [0.3, 0.4) is 0 Å². The summed E-state index contributed by atoms with van der Waals surface area (Å²) < 4.78 is 74.9. The Labute approximate surface area is 191 Å². The topological polar surface area (TPSA) is 99.5 Å². The maximum atomic E-state index is 10.6. The number of methoxy groups -OCH3 is 1. The largest absolute Gasteiger partial charge is 0.496 e. The van der Waals surface area contributed by atoms with Gasteiger partial charge >= 0.3 is 24.3 Å². The van der Waals surface area contributed by atoms with E-state index in [1.165, 1.54) is 5.56 Å². The monoisotopic (exact) mass is 504 g/mol. The zero-order valence-corrected chi connectivity index (χ0v) is 18.4. The number of hydrogen-bond acceptors (Lipinski definition) is 6. The Kier molecular flexibility index (Phi) is 11.1. The van der Waals surface area contributed by atoms with Crippen LogP contribution in [-0.4, -0.2) is 97.4 Å². The molecule has 194 valence electrons. The van der Waals surface area contributed by atoms with Crippen LogP contribution in [-0.2, 0) is 20.9 Å². The van der Waals surface area contributed by atoms with E-state index in [2.05, 4.69) is 29.0 Å². The molecular weight excluding hydrogens is 478 g/mol. The molecule has 0 radical (unpaired) electrons. The Morgan fingerprint density at radius 3 is 2.06 bits per heavy atom. The Morgan fingerprint density at radius 2 is 1.56 bits per heavy atom.